The van der Waals surface area contributed by atoms with E-state index in [9.17, 15) is 5.26 Å². The van der Waals surface area contributed by atoms with Crippen LogP contribution in [0.2, 0.25) is 0 Å². The van der Waals surface area contributed by atoms with E-state index in [1.165, 1.54) is 0 Å². The first-order valence-electron chi connectivity index (χ1n) is 29.1. The number of carbonyl (C=O) groups excluding carboxylic acids is 3. The highest BCUT2D eigenvalue weighted by Gasteiger charge is 2.62. The van der Waals surface area contributed by atoms with Crippen LogP contribution in [0.1, 0.15) is 232 Å². The van der Waals surface area contributed by atoms with Crippen molar-refractivity contribution in [3.63, 3.8) is 0 Å². The minimum absolute atomic E-state index is 0.215. The standard InChI is InChI=1S/C65H105NO7/c1-17-23-41-63(15,21-5)57(60(68)72-49(9)10)58(61(69)73-50(11)12)64(16,42-24-18-2)65(22-6,43-27-30-48(7)8)46-56(62(13,14)40-28-31-51(20-4)29-19-3)59(67)71-45-26-25-44-70-55-38-36-54(37-39-55)53-34-32-52(47-66)33-35-53/h28,32-40,48-51,56-58H,17-27,29-31,41-46H2,1-16H3/b40-28-. The van der Waals surface area contributed by atoms with Crippen molar-refractivity contribution >= 4 is 17.9 Å². The average molecular weight is 1010 g/mol. The fraction of sp³-hybridized carbons (Fsp3) is 0.723. The maximum Gasteiger partial charge on any atom is 0.310 e. The smallest absolute Gasteiger partial charge is 0.310 e. The van der Waals surface area contributed by atoms with E-state index in [4.69, 9.17) is 18.9 Å². The van der Waals surface area contributed by atoms with E-state index >= 15 is 14.4 Å². The lowest BCUT2D eigenvalue weighted by atomic mass is 9.46. The maximum absolute atomic E-state index is 15.5. The summed E-state index contributed by atoms with van der Waals surface area (Å²) in [5.74, 6) is -1.18. The molecule has 0 spiro atoms. The SMILES string of the molecule is CCCCC(C)(CC)C(C(=O)OC(C)C)C(C(=O)OC(C)C)C(C)(CCCC)C(CC)(CCCC(C)C)CC(C(=O)OCCCCOc1ccc(-c2ccc(C#N)cc2)cc1)C(C)(C)/C=C\CC(CC)CCC. The third kappa shape index (κ3) is 19.8. The number of esters is 3. The Balaban J connectivity index is 2.80. The molecule has 0 aliphatic carbocycles. The molecule has 0 bridgehead atoms. The topological polar surface area (TPSA) is 112 Å². The molecule has 2 rings (SSSR count). The van der Waals surface area contributed by atoms with E-state index < -0.39 is 39.4 Å². The Morgan fingerprint density at radius 3 is 1.70 bits per heavy atom. The zero-order valence-electron chi connectivity index (χ0n) is 49.3. The van der Waals surface area contributed by atoms with Gasteiger partial charge in [0.1, 0.15) is 5.75 Å². The summed E-state index contributed by atoms with van der Waals surface area (Å²) in [5, 5.41) is 9.19. The molecule has 0 fully saturated rings. The number of nitrogens with zero attached hydrogens (tertiary/aromatic N) is 1. The molecule has 0 aromatic heterocycles. The molecule has 2 aromatic rings. The van der Waals surface area contributed by atoms with Crippen LogP contribution in [0, 0.1) is 62.6 Å². The molecule has 8 heteroatoms. The highest BCUT2D eigenvalue weighted by atomic mass is 16.6. The van der Waals surface area contributed by atoms with Gasteiger partial charge in [0.2, 0.25) is 0 Å². The van der Waals surface area contributed by atoms with E-state index in [2.05, 4.69) is 101 Å². The maximum atomic E-state index is 15.5. The second-order valence-corrected chi connectivity index (χ2v) is 23.7. The van der Waals surface area contributed by atoms with Crippen LogP contribution in [-0.2, 0) is 28.6 Å². The van der Waals surface area contributed by atoms with Crippen LogP contribution in [0.3, 0.4) is 0 Å². The van der Waals surface area contributed by atoms with E-state index in [1.54, 1.807) is 0 Å². The number of hydrogen-bond acceptors (Lipinski definition) is 8. The van der Waals surface area contributed by atoms with Crippen molar-refractivity contribution in [2.75, 3.05) is 13.2 Å². The first-order chi connectivity index (χ1) is 34.6. The summed E-state index contributed by atoms with van der Waals surface area (Å²) >= 11 is 0. The van der Waals surface area contributed by atoms with Crippen LogP contribution < -0.4 is 4.74 Å². The highest BCUT2D eigenvalue weighted by molar-refractivity contribution is 5.84. The predicted octanol–water partition coefficient (Wildman–Crippen LogP) is 17.9. The molecule has 7 atom stereocenters. The van der Waals surface area contributed by atoms with Crippen molar-refractivity contribution < 1.29 is 33.3 Å². The number of nitriles is 1. The van der Waals surface area contributed by atoms with Gasteiger partial charge in [-0.05, 0) is 154 Å². The lowest BCUT2D eigenvalue weighted by Crippen LogP contribution is -2.57. The third-order valence-electron chi connectivity index (χ3n) is 16.6. The number of rotatable bonds is 37. The molecule has 0 saturated heterocycles. The molecule has 0 aliphatic heterocycles. The third-order valence-corrected chi connectivity index (χ3v) is 16.6. The fourth-order valence-electron chi connectivity index (χ4n) is 11.6. The van der Waals surface area contributed by atoms with Gasteiger partial charge < -0.3 is 18.9 Å². The van der Waals surface area contributed by atoms with Gasteiger partial charge in [-0.2, -0.15) is 5.26 Å². The Hall–Kier alpha value is -4.12. The van der Waals surface area contributed by atoms with Gasteiger partial charge in [0.25, 0.3) is 0 Å². The van der Waals surface area contributed by atoms with E-state index in [-0.39, 0.29) is 36.7 Å². The Morgan fingerprint density at radius 1 is 0.630 bits per heavy atom. The van der Waals surface area contributed by atoms with Crippen LogP contribution in [0.25, 0.3) is 11.1 Å². The molecule has 0 amide bonds. The quantitative estimate of drug-likeness (QED) is 0.0285. The summed E-state index contributed by atoms with van der Waals surface area (Å²) < 4.78 is 25.3. The van der Waals surface area contributed by atoms with Crippen molar-refractivity contribution in [1.29, 1.82) is 5.26 Å². The molecule has 0 N–H and O–H groups in total. The molecule has 73 heavy (non-hydrogen) atoms. The largest absolute Gasteiger partial charge is 0.494 e. The van der Waals surface area contributed by atoms with Crippen molar-refractivity contribution in [2.45, 2.75) is 239 Å². The zero-order valence-corrected chi connectivity index (χ0v) is 49.3. The van der Waals surface area contributed by atoms with Crippen LogP contribution in [-0.4, -0.2) is 43.3 Å². The number of allylic oxidation sites excluding steroid dienone is 2. The molecule has 412 valence electrons. The van der Waals surface area contributed by atoms with E-state index in [1.807, 2.05) is 76.2 Å². The Morgan fingerprint density at radius 2 is 1.19 bits per heavy atom. The highest BCUT2D eigenvalue weighted by Crippen LogP contribution is 2.63. The van der Waals surface area contributed by atoms with E-state index in [0.29, 0.717) is 62.5 Å². The molecule has 0 saturated carbocycles. The monoisotopic (exact) mass is 1010 g/mol. The number of benzene rings is 2. The van der Waals surface area contributed by atoms with Crippen molar-refractivity contribution in [3.8, 4) is 22.9 Å². The minimum atomic E-state index is -0.824. The van der Waals surface area contributed by atoms with Crippen LogP contribution in [0.4, 0.5) is 0 Å². The van der Waals surface area contributed by atoms with Gasteiger partial charge in [0.15, 0.2) is 0 Å². The van der Waals surface area contributed by atoms with Crippen LogP contribution in [0.15, 0.2) is 60.7 Å². The van der Waals surface area contributed by atoms with Gasteiger partial charge in [0.05, 0.1) is 54.8 Å². The van der Waals surface area contributed by atoms with Crippen molar-refractivity contribution in [3.05, 3.63) is 66.2 Å². The lowest BCUT2D eigenvalue weighted by Gasteiger charge is -2.57. The molecular formula is C65H105NO7. The Bertz CT molecular complexity index is 1960. The molecule has 7 unspecified atom stereocenters. The van der Waals surface area contributed by atoms with Crippen molar-refractivity contribution in [2.24, 2.45) is 51.2 Å². The summed E-state index contributed by atoms with van der Waals surface area (Å²) in [6, 6.07) is 17.7. The summed E-state index contributed by atoms with van der Waals surface area (Å²) in [6.45, 7) is 35.1. The average Bonchev–Trinajstić information content (AvgIpc) is 3.35. The summed E-state index contributed by atoms with van der Waals surface area (Å²) in [6.07, 6.45) is 19.3. The van der Waals surface area contributed by atoms with Gasteiger partial charge in [-0.15, -0.1) is 0 Å². The Kier molecular flexibility index (Phi) is 28.8. The number of unbranched alkanes of at least 4 members (excludes halogenated alkanes) is 3. The number of carbonyl (C=O) groups is 3. The van der Waals surface area contributed by atoms with E-state index in [0.717, 1.165) is 93.9 Å². The molecule has 8 nitrogen and oxygen atoms in total. The lowest BCUT2D eigenvalue weighted by molar-refractivity contribution is -0.190. The summed E-state index contributed by atoms with van der Waals surface area (Å²) in [4.78, 5) is 46.0. The number of ether oxygens (including phenoxy) is 4. The molecule has 2 aromatic carbocycles. The summed E-state index contributed by atoms with van der Waals surface area (Å²) in [5.41, 5.74) is 0.199. The number of hydrogen-bond donors (Lipinski definition) is 0. The normalized spacial score (nSPS) is 16.2. The van der Waals surface area contributed by atoms with Gasteiger partial charge >= 0.3 is 17.9 Å². The van der Waals surface area contributed by atoms with Crippen molar-refractivity contribution in [1.82, 2.24) is 0 Å². The second kappa shape index (κ2) is 32.3. The molecule has 0 radical (unpaired) electrons. The minimum Gasteiger partial charge on any atom is -0.494 e. The molecular weight excluding hydrogens is 907 g/mol. The van der Waals surface area contributed by atoms with Crippen LogP contribution >= 0.6 is 0 Å². The van der Waals surface area contributed by atoms with Gasteiger partial charge in [-0.1, -0.05) is 177 Å². The summed E-state index contributed by atoms with van der Waals surface area (Å²) in [7, 11) is 0. The second-order valence-electron chi connectivity index (χ2n) is 23.7. The van der Waals surface area contributed by atoms with Gasteiger partial charge in [-0.3, -0.25) is 14.4 Å². The molecule has 0 aliphatic rings. The Labute approximate surface area is 446 Å². The first-order valence-corrected chi connectivity index (χ1v) is 29.1. The van der Waals surface area contributed by atoms with Gasteiger partial charge in [-0.25, -0.2) is 0 Å². The predicted molar refractivity (Wildman–Crippen MR) is 303 cm³/mol. The fourth-order valence-corrected chi connectivity index (χ4v) is 11.6. The first kappa shape index (κ1) is 65.0. The van der Waals surface area contributed by atoms with Crippen LogP contribution in [0.5, 0.6) is 5.75 Å². The zero-order chi connectivity index (χ0) is 54.8. The molecule has 0 heterocycles. The van der Waals surface area contributed by atoms with Gasteiger partial charge in [0, 0.05) is 0 Å².